The van der Waals surface area contributed by atoms with E-state index in [0.29, 0.717) is 0 Å². The highest BCUT2D eigenvalue weighted by Gasteiger charge is 2.01. The van der Waals surface area contributed by atoms with Crippen molar-refractivity contribution < 1.29 is 0 Å². The highest BCUT2D eigenvalue weighted by Crippen LogP contribution is 2.08. The number of hydrogen-bond donors (Lipinski definition) is 1. The summed E-state index contributed by atoms with van der Waals surface area (Å²) in [5.41, 5.74) is 2.84. The largest absolute Gasteiger partial charge is 0.338 e. The number of nitrogens with one attached hydrogen (secondary N) is 1. The quantitative estimate of drug-likeness (QED) is 0.789. The molecule has 2 rings (SSSR count). The molecule has 0 spiro atoms. The number of imidazole rings is 1. The van der Waals surface area contributed by atoms with Gasteiger partial charge in [-0.25, -0.2) is 4.98 Å². The molecule has 3 nitrogen and oxygen atoms in total. The highest BCUT2D eigenvalue weighted by atomic mass is 15.0. The average molecular weight is 243 g/mol. The predicted octanol–water partition coefficient (Wildman–Crippen LogP) is 2.31. The number of rotatable bonds is 6. The van der Waals surface area contributed by atoms with E-state index in [9.17, 15) is 0 Å². The van der Waals surface area contributed by atoms with Gasteiger partial charge < -0.3 is 9.88 Å². The molecule has 0 unspecified atom stereocenters. The molecule has 0 atom stereocenters. The van der Waals surface area contributed by atoms with E-state index in [-0.39, 0.29) is 0 Å². The first-order valence-electron chi connectivity index (χ1n) is 6.55. The molecule has 96 valence electrons. The fraction of sp³-hybridized carbons (Fsp3) is 0.400. The SMILES string of the molecule is CCc1ccccc1CNCCc1nccn1C. The van der Waals surface area contributed by atoms with Crippen molar-refractivity contribution in [2.75, 3.05) is 6.54 Å². The molecule has 0 radical (unpaired) electrons. The van der Waals surface area contributed by atoms with E-state index in [4.69, 9.17) is 0 Å². The Kier molecular flexibility index (Phi) is 4.53. The van der Waals surface area contributed by atoms with E-state index in [1.54, 1.807) is 0 Å². The molecule has 2 aromatic rings. The third-order valence-electron chi connectivity index (χ3n) is 3.26. The predicted molar refractivity (Wildman–Crippen MR) is 74.4 cm³/mol. The fourth-order valence-corrected chi connectivity index (χ4v) is 2.14. The maximum atomic E-state index is 4.32. The van der Waals surface area contributed by atoms with Gasteiger partial charge in [0.2, 0.25) is 0 Å². The average Bonchev–Trinajstić information content (AvgIpc) is 2.81. The fourth-order valence-electron chi connectivity index (χ4n) is 2.14. The first-order chi connectivity index (χ1) is 8.81. The lowest BCUT2D eigenvalue weighted by atomic mass is 10.1. The Balaban J connectivity index is 1.80. The van der Waals surface area contributed by atoms with E-state index in [1.807, 2.05) is 19.4 Å². The number of benzene rings is 1. The number of aromatic nitrogens is 2. The van der Waals surface area contributed by atoms with Crippen molar-refractivity contribution in [1.29, 1.82) is 0 Å². The first kappa shape index (κ1) is 12.8. The molecule has 0 saturated carbocycles. The van der Waals surface area contributed by atoms with Crippen molar-refractivity contribution in [1.82, 2.24) is 14.9 Å². The molecule has 18 heavy (non-hydrogen) atoms. The summed E-state index contributed by atoms with van der Waals surface area (Å²) in [6.07, 6.45) is 5.90. The van der Waals surface area contributed by atoms with Crippen LogP contribution in [0.3, 0.4) is 0 Å². The second-order valence-corrected chi connectivity index (χ2v) is 4.50. The van der Waals surface area contributed by atoms with Gasteiger partial charge in [-0.3, -0.25) is 0 Å². The Morgan fingerprint density at radius 3 is 2.67 bits per heavy atom. The number of hydrogen-bond acceptors (Lipinski definition) is 2. The van der Waals surface area contributed by atoms with Crippen molar-refractivity contribution >= 4 is 0 Å². The third kappa shape index (κ3) is 3.20. The van der Waals surface area contributed by atoms with Gasteiger partial charge in [-0.1, -0.05) is 31.2 Å². The van der Waals surface area contributed by atoms with E-state index >= 15 is 0 Å². The van der Waals surface area contributed by atoms with Crippen LogP contribution in [0.1, 0.15) is 23.9 Å². The summed E-state index contributed by atoms with van der Waals surface area (Å²) in [4.78, 5) is 4.32. The van der Waals surface area contributed by atoms with E-state index in [0.717, 1.165) is 31.8 Å². The van der Waals surface area contributed by atoms with Crippen molar-refractivity contribution in [2.45, 2.75) is 26.3 Å². The topological polar surface area (TPSA) is 29.9 Å². The molecular weight excluding hydrogens is 222 g/mol. The second kappa shape index (κ2) is 6.36. The van der Waals surface area contributed by atoms with Crippen LogP contribution in [0.15, 0.2) is 36.7 Å². The summed E-state index contributed by atoms with van der Waals surface area (Å²) in [5.74, 6) is 1.13. The van der Waals surface area contributed by atoms with Gasteiger partial charge in [0, 0.05) is 39.0 Å². The maximum Gasteiger partial charge on any atom is 0.109 e. The van der Waals surface area contributed by atoms with E-state index in [2.05, 4.69) is 46.1 Å². The highest BCUT2D eigenvalue weighted by molar-refractivity contribution is 5.26. The van der Waals surface area contributed by atoms with Gasteiger partial charge in [0.15, 0.2) is 0 Å². The molecule has 3 heteroatoms. The third-order valence-corrected chi connectivity index (χ3v) is 3.26. The molecular formula is C15H21N3. The van der Waals surface area contributed by atoms with Crippen LogP contribution >= 0.6 is 0 Å². The lowest BCUT2D eigenvalue weighted by Gasteiger charge is -2.09. The van der Waals surface area contributed by atoms with Gasteiger partial charge in [0.1, 0.15) is 5.82 Å². The van der Waals surface area contributed by atoms with Gasteiger partial charge in [-0.05, 0) is 17.5 Å². The zero-order valence-electron chi connectivity index (χ0n) is 11.2. The van der Waals surface area contributed by atoms with Crippen LogP contribution in [0.4, 0.5) is 0 Å². The van der Waals surface area contributed by atoms with Crippen LogP contribution in [0, 0.1) is 0 Å². The first-order valence-corrected chi connectivity index (χ1v) is 6.55. The summed E-state index contributed by atoms with van der Waals surface area (Å²) in [6, 6.07) is 8.62. The molecule has 0 aliphatic rings. The van der Waals surface area contributed by atoms with Gasteiger partial charge in [-0.15, -0.1) is 0 Å². The lowest BCUT2D eigenvalue weighted by molar-refractivity contribution is 0.652. The van der Waals surface area contributed by atoms with Gasteiger partial charge >= 0.3 is 0 Å². The van der Waals surface area contributed by atoms with Gasteiger partial charge in [-0.2, -0.15) is 0 Å². The van der Waals surface area contributed by atoms with E-state index < -0.39 is 0 Å². The zero-order chi connectivity index (χ0) is 12.8. The van der Waals surface area contributed by atoms with Crippen molar-refractivity contribution in [3.05, 3.63) is 53.6 Å². The molecule has 0 amide bonds. The molecule has 1 aromatic heterocycles. The Morgan fingerprint density at radius 1 is 1.22 bits per heavy atom. The molecule has 0 fully saturated rings. The van der Waals surface area contributed by atoms with Crippen LogP contribution in [0.2, 0.25) is 0 Å². The van der Waals surface area contributed by atoms with Crippen molar-refractivity contribution in [3.8, 4) is 0 Å². The second-order valence-electron chi connectivity index (χ2n) is 4.50. The van der Waals surface area contributed by atoms with Crippen LogP contribution in [0.5, 0.6) is 0 Å². The lowest BCUT2D eigenvalue weighted by Crippen LogP contribution is -2.18. The number of aryl methyl sites for hydroxylation is 2. The Bertz CT molecular complexity index is 488. The summed E-state index contributed by atoms with van der Waals surface area (Å²) in [5, 5.41) is 3.49. The Labute approximate surface area is 109 Å². The smallest absolute Gasteiger partial charge is 0.109 e. The van der Waals surface area contributed by atoms with Gasteiger partial charge in [0.05, 0.1) is 0 Å². The molecule has 0 bridgehead atoms. The molecule has 0 aliphatic carbocycles. The molecule has 1 N–H and O–H groups in total. The van der Waals surface area contributed by atoms with E-state index in [1.165, 1.54) is 11.1 Å². The zero-order valence-corrected chi connectivity index (χ0v) is 11.2. The van der Waals surface area contributed by atoms with Crippen LogP contribution in [-0.4, -0.2) is 16.1 Å². The molecule has 0 aliphatic heterocycles. The Hall–Kier alpha value is -1.61. The van der Waals surface area contributed by atoms with Crippen LogP contribution in [-0.2, 0) is 26.4 Å². The summed E-state index contributed by atoms with van der Waals surface area (Å²) in [6.45, 7) is 4.10. The molecule has 1 heterocycles. The molecule has 1 aromatic carbocycles. The monoisotopic (exact) mass is 243 g/mol. The normalized spacial score (nSPS) is 10.8. The van der Waals surface area contributed by atoms with Crippen molar-refractivity contribution in [2.24, 2.45) is 7.05 Å². The Morgan fingerprint density at radius 2 is 2.00 bits per heavy atom. The summed E-state index contributed by atoms with van der Waals surface area (Å²) in [7, 11) is 2.04. The van der Waals surface area contributed by atoms with Gasteiger partial charge in [0.25, 0.3) is 0 Å². The summed E-state index contributed by atoms with van der Waals surface area (Å²) >= 11 is 0. The maximum absolute atomic E-state index is 4.32. The van der Waals surface area contributed by atoms with Crippen LogP contribution < -0.4 is 5.32 Å². The summed E-state index contributed by atoms with van der Waals surface area (Å²) < 4.78 is 2.07. The standard InChI is InChI=1S/C15H21N3/c1-3-13-6-4-5-7-14(13)12-16-9-8-15-17-10-11-18(15)2/h4-7,10-11,16H,3,8-9,12H2,1-2H3. The molecule has 0 saturated heterocycles. The van der Waals surface area contributed by atoms with Crippen LogP contribution in [0.25, 0.3) is 0 Å². The number of nitrogens with zero attached hydrogens (tertiary/aromatic N) is 2. The minimum absolute atomic E-state index is 0.939. The minimum atomic E-state index is 0.939. The van der Waals surface area contributed by atoms with Crippen molar-refractivity contribution in [3.63, 3.8) is 0 Å². The minimum Gasteiger partial charge on any atom is -0.338 e.